The van der Waals surface area contributed by atoms with Crippen molar-refractivity contribution in [2.24, 2.45) is 4.99 Å². The number of rotatable bonds is 7. The first-order chi connectivity index (χ1) is 17.8. The van der Waals surface area contributed by atoms with Gasteiger partial charge in [-0.1, -0.05) is 30.3 Å². The first-order valence-corrected chi connectivity index (χ1v) is 12.0. The summed E-state index contributed by atoms with van der Waals surface area (Å²) in [6.45, 7) is 1.90. The molecule has 1 amide bonds. The molecule has 3 aromatic rings. The van der Waals surface area contributed by atoms with Gasteiger partial charge in [0.1, 0.15) is 6.61 Å². The Kier molecular flexibility index (Phi) is 7.60. The molecule has 0 unspecified atom stereocenters. The van der Waals surface area contributed by atoms with E-state index >= 15 is 0 Å². The highest BCUT2D eigenvalue weighted by molar-refractivity contribution is 8.18. The van der Waals surface area contributed by atoms with E-state index < -0.39 is 5.97 Å². The second-order valence-corrected chi connectivity index (χ2v) is 9.10. The van der Waals surface area contributed by atoms with E-state index in [0.717, 1.165) is 11.1 Å². The molecular formula is C28H23N3O5S. The van der Waals surface area contributed by atoms with E-state index in [1.54, 1.807) is 56.4 Å². The quantitative estimate of drug-likeness (QED) is 0.422. The van der Waals surface area contributed by atoms with Crippen LogP contribution in [0.4, 0.5) is 5.69 Å². The lowest BCUT2D eigenvalue weighted by Gasteiger charge is -2.12. The Morgan fingerprint density at radius 1 is 1.16 bits per heavy atom. The number of carboxylic acid groups (broad SMARTS) is 1. The molecule has 3 aromatic carbocycles. The van der Waals surface area contributed by atoms with Gasteiger partial charge in [-0.2, -0.15) is 5.26 Å². The number of likely N-dealkylation sites (N-methyl/N-ethyl adjacent to an activating group) is 1. The number of amidine groups is 1. The number of ether oxygens (including phenoxy) is 2. The van der Waals surface area contributed by atoms with E-state index in [1.165, 1.54) is 29.8 Å². The zero-order chi connectivity index (χ0) is 26.5. The zero-order valence-electron chi connectivity index (χ0n) is 20.4. The number of methoxy groups -OCH3 is 1. The standard InChI is InChI=1S/C28H23N3O5S/c1-17-21(27(33)34)9-6-10-22(17)30-28-31(2)26(32)25(37-28)14-18-11-12-23(24(13-18)35-3)36-16-20-8-5-4-7-19(20)15-29/h4-14H,16H2,1-3H3,(H,33,34)/b25-14-,30-28?. The molecule has 1 saturated heterocycles. The van der Waals surface area contributed by atoms with Crippen molar-refractivity contribution in [3.8, 4) is 17.6 Å². The van der Waals surface area contributed by atoms with Crippen LogP contribution >= 0.6 is 11.8 Å². The molecule has 186 valence electrons. The van der Waals surface area contributed by atoms with Gasteiger partial charge < -0.3 is 14.6 Å². The topological polar surface area (TPSA) is 112 Å². The highest BCUT2D eigenvalue weighted by Gasteiger charge is 2.30. The Bertz CT molecular complexity index is 1490. The third-order valence-corrected chi connectivity index (χ3v) is 6.82. The molecule has 0 aromatic heterocycles. The SMILES string of the molecule is COc1cc(/C=C2\SC(=Nc3cccc(C(=O)O)c3C)N(C)C2=O)ccc1OCc1ccccc1C#N. The molecule has 8 nitrogen and oxygen atoms in total. The molecule has 1 N–H and O–H groups in total. The fraction of sp³-hybridized carbons (Fsp3) is 0.143. The summed E-state index contributed by atoms with van der Waals surface area (Å²) in [7, 11) is 3.16. The lowest BCUT2D eigenvalue weighted by molar-refractivity contribution is -0.121. The number of aliphatic imine (C=N–C) groups is 1. The van der Waals surface area contributed by atoms with Gasteiger partial charge in [0.2, 0.25) is 0 Å². The number of hydrogen-bond donors (Lipinski definition) is 1. The molecule has 0 saturated carbocycles. The Morgan fingerprint density at radius 3 is 2.68 bits per heavy atom. The van der Waals surface area contributed by atoms with Gasteiger partial charge in [-0.05, 0) is 66.2 Å². The fourth-order valence-electron chi connectivity index (χ4n) is 3.69. The number of carbonyl (C=O) groups is 2. The number of amides is 1. The summed E-state index contributed by atoms with van der Waals surface area (Å²) in [6, 6.07) is 19.6. The van der Waals surface area contributed by atoms with E-state index in [-0.39, 0.29) is 18.1 Å². The van der Waals surface area contributed by atoms with Crippen LogP contribution in [0, 0.1) is 18.3 Å². The third-order valence-electron chi connectivity index (χ3n) is 5.76. The maximum atomic E-state index is 12.9. The number of carboxylic acids is 1. The minimum atomic E-state index is -1.03. The Hall–Kier alpha value is -4.55. The average molecular weight is 514 g/mol. The van der Waals surface area contributed by atoms with Crippen LogP contribution < -0.4 is 9.47 Å². The fourth-order valence-corrected chi connectivity index (χ4v) is 4.67. The van der Waals surface area contributed by atoms with Gasteiger partial charge in [0.15, 0.2) is 16.7 Å². The van der Waals surface area contributed by atoms with Crippen molar-refractivity contribution in [1.82, 2.24) is 4.90 Å². The molecule has 9 heteroatoms. The maximum absolute atomic E-state index is 12.9. The van der Waals surface area contributed by atoms with Crippen LogP contribution in [-0.4, -0.2) is 41.2 Å². The number of carbonyl (C=O) groups excluding carboxylic acids is 1. The molecule has 1 aliphatic rings. The molecule has 0 bridgehead atoms. The zero-order valence-corrected chi connectivity index (χ0v) is 21.2. The van der Waals surface area contributed by atoms with E-state index in [2.05, 4.69) is 11.1 Å². The van der Waals surface area contributed by atoms with Crippen molar-refractivity contribution in [1.29, 1.82) is 5.26 Å². The van der Waals surface area contributed by atoms with E-state index in [9.17, 15) is 20.0 Å². The Balaban J connectivity index is 1.56. The molecule has 0 spiro atoms. The van der Waals surface area contributed by atoms with Crippen LogP contribution in [0.25, 0.3) is 6.08 Å². The van der Waals surface area contributed by atoms with Gasteiger partial charge in [0.05, 0.1) is 34.9 Å². The van der Waals surface area contributed by atoms with E-state index in [1.807, 2.05) is 18.2 Å². The molecular weight excluding hydrogens is 490 g/mol. The lowest BCUT2D eigenvalue weighted by Crippen LogP contribution is -2.23. The molecule has 1 fully saturated rings. The van der Waals surface area contributed by atoms with Gasteiger partial charge in [0.25, 0.3) is 5.91 Å². The van der Waals surface area contributed by atoms with Crippen molar-refractivity contribution in [3.05, 3.63) is 93.4 Å². The molecule has 1 aliphatic heterocycles. The van der Waals surface area contributed by atoms with Gasteiger partial charge in [-0.15, -0.1) is 0 Å². The third kappa shape index (κ3) is 5.50. The Labute approximate surface area is 218 Å². The van der Waals surface area contributed by atoms with Gasteiger partial charge in [0, 0.05) is 12.6 Å². The predicted octanol–water partition coefficient (Wildman–Crippen LogP) is 5.39. The number of thioether (sulfide) groups is 1. The van der Waals surface area contributed by atoms with Crippen molar-refractivity contribution < 1.29 is 24.2 Å². The van der Waals surface area contributed by atoms with Crippen LogP contribution in [0.15, 0.2) is 70.6 Å². The summed E-state index contributed by atoms with van der Waals surface area (Å²) < 4.78 is 11.4. The Morgan fingerprint density at radius 2 is 1.95 bits per heavy atom. The van der Waals surface area contributed by atoms with Crippen LogP contribution in [0.5, 0.6) is 11.5 Å². The summed E-state index contributed by atoms with van der Waals surface area (Å²) in [5.74, 6) is -0.249. The largest absolute Gasteiger partial charge is 0.493 e. The lowest BCUT2D eigenvalue weighted by atomic mass is 10.1. The summed E-state index contributed by atoms with van der Waals surface area (Å²) >= 11 is 1.21. The van der Waals surface area contributed by atoms with Crippen molar-refractivity contribution >= 4 is 40.6 Å². The van der Waals surface area contributed by atoms with E-state index in [4.69, 9.17) is 9.47 Å². The molecule has 0 atom stereocenters. The maximum Gasteiger partial charge on any atom is 0.336 e. The minimum Gasteiger partial charge on any atom is -0.493 e. The molecule has 1 heterocycles. The number of nitrogens with zero attached hydrogens (tertiary/aromatic N) is 3. The summed E-state index contributed by atoms with van der Waals surface area (Å²) in [5, 5.41) is 19.1. The number of hydrogen-bond acceptors (Lipinski definition) is 7. The highest BCUT2D eigenvalue weighted by Crippen LogP contribution is 2.36. The summed E-state index contributed by atoms with van der Waals surface area (Å²) in [4.78, 5) is 30.8. The number of benzene rings is 3. The van der Waals surface area contributed by atoms with Crippen LogP contribution in [0.1, 0.15) is 32.6 Å². The van der Waals surface area contributed by atoms with Gasteiger partial charge in [-0.25, -0.2) is 9.79 Å². The molecule has 4 rings (SSSR count). The van der Waals surface area contributed by atoms with Crippen molar-refractivity contribution in [2.45, 2.75) is 13.5 Å². The molecule has 0 aliphatic carbocycles. The second-order valence-electron chi connectivity index (χ2n) is 8.09. The monoisotopic (exact) mass is 513 g/mol. The highest BCUT2D eigenvalue weighted by atomic mass is 32.2. The first kappa shape index (κ1) is 25.5. The normalized spacial score (nSPS) is 15.2. The minimum absolute atomic E-state index is 0.167. The molecule has 0 radical (unpaired) electrons. The first-order valence-electron chi connectivity index (χ1n) is 11.2. The average Bonchev–Trinajstić information content (AvgIpc) is 3.16. The van der Waals surface area contributed by atoms with Crippen LogP contribution in [-0.2, 0) is 11.4 Å². The summed E-state index contributed by atoms with van der Waals surface area (Å²) in [5.41, 5.74) is 3.23. The van der Waals surface area contributed by atoms with E-state index in [0.29, 0.717) is 38.4 Å². The van der Waals surface area contributed by atoms with Gasteiger partial charge in [-0.3, -0.25) is 9.69 Å². The second kappa shape index (κ2) is 11.0. The summed E-state index contributed by atoms with van der Waals surface area (Å²) in [6.07, 6.45) is 1.74. The molecule has 37 heavy (non-hydrogen) atoms. The van der Waals surface area contributed by atoms with Gasteiger partial charge >= 0.3 is 5.97 Å². The smallest absolute Gasteiger partial charge is 0.336 e. The predicted molar refractivity (Wildman–Crippen MR) is 142 cm³/mol. The van der Waals surface area contributed by atoms with Crippen LogP contribution in [0.2, 0.25) is 0 Å². The number of nitriles is 1. The van der Waals surface area contributed by atoms with Crippen molar-refractivity contribution in [3.63, 3.8) is 0 Å². The number of aromatic carboxylic acids is 1. The van der Waals surface area contributed by atoms with Crippen LogP contribution in [0.3, 0.4) is 0 Å². The van der Waals surface area contributed by atoms with Crippen molar-refractivity contribution in [2.75, 3.05) is 14.2 Å².